The first-order chi connectivity index (χ1) is 13.8. The van der Waals surface area contributed by atoms with Crippen LogP contribution in [0.1, 0.15) is 22.7 Å². The number of H-pyrrole nitrogens is 1. The van der Waals surface area contributed by atoms with Crippen molar-refractivity contribution in [3.05, 3.63) is 95.7 Å². The molecule has 0 saturated heterocycles. The largest absolute Gasteiger partial charge is 0.496 e. The summed E-state index contributed by atoms with van der Waals surface area (Å²) < 4.78 is 11.3. The predicted molar refractivity (Wildman–Crippen MR) is 110 cm³/mol. The van der Waals surface area contributed by atoms with Crippen LogP contribution < -0.4 is 9.47 Å². The van der Waals surface area contributed by atoms with Crippen LogP contribution in [-0.4, -0.2) is 18.4 Å². The summed E-state index contributed by atoms with van der Waals surface area (Å²) in [5.74, 6) is 1.07. The minimum absolute atomic E-state index is 0.419. The molecule has 1 atom stereocenters. The molecule has 0 amide bonds. The van der Waals surface area contributed by atoms with Crippen molar-refractivity contribution in [3.8, 4) is 11.5 Å². The van der Waals surface area contributed by atoms with E-state index in [0.29, 0.717) is 12.4 Å². The maximum Gasteiger partial charge on any atom is 0.133 e. The first-order valence-corrected chi connectivity index (χ1v) is 9.16. The summed E-state index contributed by atoms with van der Waals surface area (Å²) in [5.41, 5.74) is 3.75. The lowest BCUT2D eigenvalue weighted by molar-refractivity contribution is -0.108. The number of aldehydes is 1. The molecular weight excluding hydrogens is 350 g/mol. The van der Waals surface area contributed by atoms with Gasteiger partial charge in [-0.1, -0.05) is 48.5 Å². The molecule has 0 saturated carbocycles. The van der Waals surface area contributed by atoms with Crippen molar-refractivity contribution in [2.45, 2.75) is 12.5 Å². The average molecular weight is 371 g/mol. The minimum Gasteiger partial charge on any atom is -0.496 e. The van der Waals surface area contributed by atoms with Crippen LogP contribution in [0, 0.1) is 0 Å². The first-order valence-electron chi connectivity index (χ1n) is 9.16. The highest BCUT2D eigenvalue weighted by Crippen LogP contribution is 2.32. The number of methoxy groups -OCH3 is 1. The van der Waals surface area contributed by atoms with Gasteiger partial charge >= 0.3 is 0 Å². The van der Waals surface area contributed by atoms with Gasteiger partial charge in [-0.05, 0) is 35.9 Å². The van der Waals surface area contributed by atoms with Gasteiger partial charge in [0.15, 0.2) is 0 Å². The Morgan fingerprint density at radius 1 is 0.964 bits per heavy atom. The normalized spacial score (nSPS) is 11.9. The second-order valence-electron chi connectivity index (χ2n) is 6.60. The molecule has 1 heterocycles. The van der Waals surface area contributed by atoms with Gasteiger partial charge in [-0.15, -0.1) is 0 Å². The maximum absolute atomic E-state index is 11.9. The summed E-state index contributed by atoms with van der Waals surface area (Å²) in [6, 6.07) is 25.5. The van der Waals surface area contributed by atoms with E-state index in [9.17, 15) is 4.79 Å². The lowest BCUT2D eigenvalue weighted by Gasteiger charge is -2.13. The quantitative estimate of drug-likeness (QED) is 0.461. The molecule has 4 aromatic rings. The second kappa shape index (κ2) is 8.01. The van der Waals surface area contributed by atoms with Crippen molar-refractivity contribution < 1.29 is 14.3 Å². The van der Waals surface area contributed by atoms with Crippen molar-refractivity contribution in [1.82, 2.24) is 4.98 Å². The zero-order chi connectivity index (χ0) is 19.3. The fraction of sp³-hybridized carbons (Fsp3) is 0.125. The minimum atomic E-state index is -0.419. The standard InChI is InChI=1S/C24H21NO3/c1-27-24-10-6-5-9-20(24)21(15-26)23-14-18-13-19(11-12-22(18)25-23)28-16-17-7-3-2-4-8-17/h2-15,21,25H,16H2,1H3. The molecule has 4 nitrogen and oxygen atoms in total. The van der Waals surface area contributed by atoms with Gasteiger partial charge in [-0.2, -0.15) is 0 Å². The van der Waals surface area contributed by atoms with Crippen LogP contribution in [0.3, 0.4) is 0 Å². The predicted octanol–water partition coefficient (Wildman–Crippen LogP) is 5.09. The van der Waals surface area contributed by atoms with Crippen molar-refractivity contribution in [3.63, 3.8) is 0 Å². The van der Waals surface area contributed by atoms with Gasteiger partial charge in [-0.25, -0.2) is 0 Å². The Hall–Kier alpha value is -3.53. The number of aromatic nitrogens is 1. The molecule has 140 valence electrons. The zero-order valence-corrected chi connectivity index (χ0v) is 15.6. The van der Waals surface area contributed by atoms with E-state index in [0.717, 1.165) is 39.8 Å². The molecule has 0 fully saturated rings. The van der Waals surface area contributed by atoms with Crippen LogP contribution in [-0.2, 0) is 11.4 Å². The van der Waals surface area contributed by atoms with Crippen LogP contribution in [0.5, 0.6) is 11.5 Å². The third-order valence-corrected chi connectivity index (χ3v) is 4.81. The molecule has 28 heavy (non-hydrogen) atoms. The van der Waals surface area contributed by atoms with E-state index in [-0.39, 0.29) is 0 Å². The molecule has 0 aliphatic carbocycles. The van der Waals surface area contributed by atoms with Gasteiger partial charge in [0.2, 0.25) is 0 Å². The van der Waals surface area contributed by atoms with E-state index >= 15 is 0 Å². The van der Waals surface area contributed by atoms with Gasteiger partial charge in [0, 0.05) is 22.2 Å². The Morgan fingerprint density at radius 2 is 1.75 bits per heavy atom. The van der Waals surface area contributed by atoms with Crippen LogP contribution in [0.15, 0.2) is 78.9 Å². The fourth-order valence-electron chi connectivity index (χ4n) is 3.37. The number of hydrogen-bond acceptors (Lipinski definition) is 3. The number of aromatic amines is 1. The molecule has 0 spiro atoms. The van der Waals surface area contributed by atoms with Gasteiger partial charge in [0.05, 0.1) is 13.0 Å². The molecule has 0 aliphatic heterocycles. The molecule has 0 aliphatic rings. The lowest BCUT2D eigenvalue weighted by atomic mass is 9.96. The maximum atomic E-state index is 11.9. The number of hydrogen-bond donors (Lipinski definition) is 1. The molecular formula is C24H21NO3. The average Bonchev–Trinajstić information content (AvgIpc) is 3.17. The first kappa shape index (κ1) is 17.9. The number of fused-ring (bicyclic) bond motifs is 1. The van der Waals surface area contributed by atoms with Gasteiger partial charge in [0.1, 0.15) is 24.4 Å². The highest BCUT2D eigenvalue weighted by atomic mass is 16.5. The van der Waals surface area contributed by atoms with Gasteiger partial charge in [0.25, 0.3) is 0 Å². The molecule has 1 N–H and O–H groups in total. The summed E-state index contributed by atoms with van der Waals surface area (Å²) in [4.78, 5) is 15.2. The van der Waals surface area contributed by atoms with Crippen LogP contribution in [0.25, 0.3) is 10.9 Å². The van der Waals surface area contributed by atoms with Crippen LogP contribution in [0.2, 0.25) is 0 Å². The summed E-state index contributed by atoms with van der Waals surface area (Å²) in [5, 5.41) is 1.00. The molecule has 1 aromatic heterocycles. The van der Waals surface area contributed by atoms with Crippen molar-refractivity contribution in [2.75, 3.05) is 7.11 Å². The highest BCUT2D eigenvalue weighted by molar-refractivity contribution is 5.84. The fourth-order valence-corrected chi connectivity index (χ4v) is 3.37. The number of carbonyl (C=O) groups excluding carboxylic acids is 1. The van der Waals surface area contributed by atoms with Crippen LogP contribution in [0.4, 0.5) is 0 Å². The van der Waals surface area contributed by atoms with E-state index in [2.05, 4.69) is 4.98 Å². The van der Waals surface area contributed by atoms with E-state index < -0.39 is 5.92 Å². The summed E-state index contributed by atoms with van der Waals surface area (Å²) in [6.45, 7) is 0.516. The Labute approximate surface area is 163 Å². The van der Waals surface area contributed by atoms with E-state index in [1.54, 1.807) is 7.11 Å². The molecule has 0 radical (unpaired) electrons. The smallest absolute Gasteiger partial charge is 0.133 e. The summed E-state index contributed by atoms with van der Waals surface area (Å²) >= 11 is 0. The van der Waals surface area contributed by atoms with E-state index in [1.165, 1.54) is 0 Å². The number of para-hydroxylation sites is 1. The number of carbonyl (C=O) groups is 1. The van der Waals surface area contributed by atoms with E-state index in [1.807, 2.05) is 78.9 Å². The number of ether oxygens (including phenoxy) is 2. The summed E-state index contributed by atoms with van der Waals surface area (Å²) in [6.07, 6.45) is 0.940. The second-order valence-corrected chi connectivity index (χ2v) is 6.60. The molecule has 4 heteroatoms. The Bertz CT molecular complexity index is 1090. The highest BCUT2D eigenvalue weighted by Gasteiger charge is 2.19. The number of benzene rings is 3. The Balaban J connectivity index is 1.61. The Kier molecular flexibility index (Phi) is 5.11. The van der Waals surface area contributed by atoms with Crippen molar-refractivity contribution in [2.24, 2.45) is 0 Å². The Morgan fingerprint density at radius 3 is 2.54 bits per heavy atom. The lowest BCUT2D eigenvalue weighted by Crippen LogP contribution is -2.05. The van der Waals surface area contributed by atoms with E-state index in [4.69, 9.17) is 9.47 Å². The SMILES string of the molecule is COc1ccccc1C(C=O)c1cc2cc(OCc3ccccc3)ccc2[nH]1. The van der Waals surface area contributed by atoms with Gasteiger partial charge in [-0.3, -0.25) is 0 Å². The van der Waals surface area contributed by atoms with Gasteiger partial charge < -0.3 is 19.3 Å². The molecule has 1 unspecified atom stereocenters. The number of rotatable bonds is 7. The molecule has 3 aromatic carbocycles. The third-order valence-electron chi connectivity index (χ3n) is 4.81. The van der Waals surface area contributed by atoms with Crippen LogP contribution >= 0.6 is 0 Å². The molecule has 0 bridgehead atoms. The zero-order valence-electron chi connectivity index (χ0n) is 15.6. The third kappa shape index (κ3) is 3.62. The number of nitrogens with one attached hydrogen (secondary N) is 1. The van der Waals surface area contributed by atoms with Crippen molar-refractivity contribution in [1.29, 1.82) is 0 Å². The summed E-state index contributed by atoms with van der Waals surface area (Å²) in [7, 11) is 1.61. The topological polar surface area (TPSA) is 51.3 Å². The van der Waals surface area contributed by atoms with Crippen molar-refractivity contribution >= 4 is 17.2 Å². The monoisotopic (exact) mass is 371 g/mol. The molecule has 4 rings (SSSR count).